The highest BCUT2D eigenvalue weighted by atomic mass is 16.3. The van der Waals surface area contributed by atoms with Crippen LogP contribution in [0.5, 0.6) is 5.75 Å². The second-order valence-electron chi connectivity index (χ2n) is 6.61. The van der Waals surface area contributed by atoms with Crippen molar-refractivity contribution < 1.29 is 5.11 Å². The molecule has 120 valence electrons. The average Bonchev–Trinajstić information content (AvgIpc) is 2.73. The topological polar surface area (TPSA) is 46.2 Å². The van der Waals surface area contributed by atoms with E-state index in [1.165, 1.54) is 16.7 Å². The average molecular weight is 315 g/mol. The summed E-state index contributed by atoms with van der Waals surface area (Å²) in [5.41, 5.74) is 11.8. The fourth-order valence-electron chi connectivity index (χ4n) is 3.84. The van der Waals surface area contributed by atoms with Crippen molar-refractivity contribution in [1.29, 1.82) is 0 Å². The molecule has 0 saturated carbocycles. The van der Waals surface area contributed by atoms with Crippen molar-refractivity contribution in [3.63, 3.8) is 0 Å². The lowest BCUT2D eigenvalue weighted by Gasteiger charge is -2.24. The van der Waals surface area contributed by atoms with Gasteiger partial charge in [-0.2, -0.15) is 0 Å². The van der Waals surface area contributed by atoms with E-state index in [4.69, 9.17) is 5.73 Å². The number of phenols is 1. The van der Waals surface area contributed by atoms with Gasteiger partial charge in [0.05, 0.1) is 0 Å². The van der Waals surface area contributed by atoms with Gasteiger partial charge in [-0.1, -0.05) is 48.6 Å². The van der Waals surface area contributed by atoms with Gasteiger partial charge in [0.2, 0.25) is 0 Å². The van der Waals surface area contributed by atoms with Crippen molar-refractivity contribution in [2.45, 2.75) is 12.8 Å². The lowest BCUT2D eigenvalue weighted by atomic mass is 9.79. The number of aromatic hydroxyl groups is 1. The molecule has 3 N–H and O–H groups in total. The molecule has 0 heterocycles. The van der Waals surface area contributed by atoms with E-state index in [9.17, 15) is 5.11 Å². The summed E-state index contributed by atoms with van der Waals surface area (Å²) in [7, 11) is 0. The molecule has 2 aliphatic rings. The van der Waals surface area contributed by atoms with E-state index in [1.807, 2.05) is 24.3 Å². The summed E-state index contributed by atoms with van der Waals surface area (Å²) >= 11 is 0. The zero-order valence-corrected chi connectivity index (χ0v) is 13.5. The van der Waals surface area contributed by atoms with Crippen LogP contribution in [0.25, 0.3) is 11.6 Å². The molecule has 2 aliphatic carbocycles. The highest BCUT2D eigenvalue weighted by molar-refractivity contribution is 5.86. The van der Waals surface area contributed by atoms with Crippen LogP contribution in [0.1, 0.15) is 23.1 Å². The van der Waals surface area contributed by atoms with E-state index in [0.29, 0.717) is 17.6 Å². The third kappa shape index (κ3) is 2.76. The Balaban J connectivity index is 1.89. The molecule has 2 atom stereocenters. The first-order valence-corrected chi connectivity index (χ1v) is 8.45. The Labute approximate surface area is 142 Å². The number of fused-ring (bicyclic) bond motifs is 2. The second kappa shape index (κ2) is 6.04. The van der Waals surface area contributed by atoms with Gasteiger partial charge in [0.25, 0.3) is 0 Å². The maximum absolute atomic E-state index is 9.79. The monoisotopic (exact) mass is 315 g/mol. The van der Waals surface area contributed by atoms with E-state index in [1.54, 1.807) is 6.07 Å². The van der Waals surface area contributed by atoms with Crippen molar-refractivity contribution >= 4 is 17.3 Å². The van der Waals surface area contributed by atoms with Crippen LogP contribution >= 0.6 is 0 Å². The van der Waals surface area contributed by atoms with Crippen molar-refractivity contribution in [2.75, 3.05) is 5.73 Å². The first-order valence-electron chi connectivity index (χ1n) is 8.45. The Morgan fingerprint density at radius 2 is 1.92 bits per heavy atom. The number of aryl methyl sites for hydroxylation is 1. The lowest BCUT2D eigenvalue weighted by molar-refractivity contribution is 0.475. The van der Waals surface area contributed by atoms with Gasteiger partial charge in [-0.05, 0) is 65.3 Å². The third-order valence-electron chi connectivity index (χ3n) is 4.99. The summed E-state index contributed by atoms with van der Waals surface area (Å²) in [6.45, 7) is 0. The molecular weight excluding hydrogens is 294 g/mol. The minimum Gasteiger partial charge on any atom is -0.508 e. The van der Waals surface area contributed by atoms with Crippen LogP contribution in [0.2, 0.25) is 0 Å². The molecule has 0 bridgehead atoms. The predicted octanol–water partition coefficient (Wildman–Crippen LogP) is 4.82. The summed E-state index contributed by atoms with van der Waals surface area (Å²) < 4.78 is 0. The fraction of sp³-hybridized carbons (Fsp3) is 0.182. The number of hydrogen-bond acceptors (Lipinski definition) is 2. The molecule has 0 aliphatic heterocycles. The van der Waals surface area contributed by atoms with Crippen molar-refractivity contribution in [3.8, 4) is 5.75 Å². The molecule has 4 rings (SSSR count). The largest absolute Gasteiger partial charge is 0.508 e. The van der Waals surface area contributed by atoms with E-state index < -0.39 is 0 Å². The van der Waals surface area contributed by atoms with Crippen LogP contribution in [0.4, 0.5) is 5.69 Å². The summed E-state index contributed by atoms with van der Waals surface area (Å²) in [6, 6.07) is 13.7. The molecule has 0 fully saturated rings. The summed E-state index contributed by atoms with van der Waals surface area (Å²) in [5.74, 6) is 1.17. The number of phenolic OH excluding ortho intramolecular Hbond substituents is 1. The van der Waals surface area contributed by atoms with Crippen LogP contribution in [0.3, 0.4) is 0 Å². The normalized spacial score (nSPS) is 23.6. The minimum absolute atomic E-state index is 0.297. The highest BCUT2D eigenvalue weighted by Crippen LogP contribution is 2.42. The number of nitrogen functional groups attached to an aromatic ring is 1. The Bertz CT molecular complexity index is 860. The number of hydrogen-bond donors (Lipinski definition) is 2. The summed E-state index contributed by atoms with van der Waals surface area (Å²) in [6.07, 6.45) is 13.3. The van der Waals surface area contributed by atoms with Gasteiger partial charge in [-0.25, -0.2) is 0 Å². The molecule has 2 heteroatoms. The van der Waals surface area contributed by atoms with Crippen LogP contribution in [0, 0.1) is 11.8 Å². The van der Waals surface area contributed by atoms with Gasteiger partial charge < -0.3 is 10.8 Å². The Morgan fingerprint density at radius 3 is 2.79 bits per heavy atom. The number of anilines is 1. The lowest BCUT2D eigenvalue weighted by Crippen LogP contribution is -2.12. The van der Waals surface area contributed by atoms with E-state index in [0.717, 1.165) is 24.1 Å². The van der Waals surface area contributed by atoms with Gasteiger partial charge in [0.15, 0.2) is 0 Å². The Kier molecular flexibility index (Phi) is 3.73. The maximum atomic E-state index is 9.79. The summed E-state index contributed by atoms with van der Waals surface area (Å²) in [4.78, 5) is 0. The number of nitrogens with two attached hydrogens (primary N) is 1. The first kappa shape index (κ1) is 14.8. The molecule has 2 nitrogen and oxygen atoms in total. The SMILES string of the molecule is Nc1ccc2c(c1)CCC1C=CC=CC1/C2=C/c1cccc(O)c1. The number of benzene rings is 2. The molecule has 0 aromatic heterocycles. The quantitative estimate of drug-likeness (QED) is 0.741. The van der Waals surface area contributed by atoms with Gasteiger partial charge >= 0.3 is 0 Å². The number of allylic oxidation sites excluding steroid dienone is 5. The standard InChI is InChI=1S/C22H21NO/c23-18-10-11-21-17(14-18)9-8-16-5-1-2-7-20(16)22(21)13-15-4-3-6-19(24)12-15/h1-7,10-14,16,20,24H,8-9,23H2/b22-13-. The molecule has 0 radical (unpaired) electrons. The Hall–Kier alpha value is -2.74. The molecule has 2 unspecified atom stereocenters. The molecule has 0 spiro atoms. The van der Waals surface area contributed by atoms with Crippen molar-refractivity contribution in [3.05, 3.63) is 83.5 Å². The summed E-state index contributed by atoms with van der Waals surface area (Å²) in [5, 5.41) is 9.79. The van der Waals surface area contributed by atoms with Gasteiger partial charge in [-0.3, -0.25) is 0 Å². The maximum Gasteiger partial charge on any atom is 0.116 e. The van der Waals surface area contributed by atoms with Crippen LogP contribution < -0.4 is 5.73 Å². The fourth-order valence-corrected chi connectivity index (χ4v) is 3.84. The smallest absolute Gasteiger partial charge is 0.116 e. The van der Waals surface area contributed by atoms with E-state index in [-0.39, 0.29) is 0 Å². The van der Waals surface area contributed by atoms with Gasteiger partial charge in [0.1, 0.15) is 5.75 Å². The molecule has 2 aromatic rings. The van der Waals surface area contributed by atoms with Crippen LogP contribution in [-0.2, 0) is 6.42 Å². The zero-order valence-electron chi connectivity index (χ0n) is 13.5. The zero-order chi connectivity index (χ0) is 16.5. The molecule has 2 aromatic carbocycles. The second-order valence-corrected chi connectivity index (χ2v) is 6.61. The molecular formula is C22H21NO. The predicted molar refractivity (Wildman–Crippen MR) is 100 cm³/mol. The third-order valence-corrected chi connectivity index (χ3v) is 4.99. The van der Waals surface area contributed by atoms with Crippen molar-refractivity contribution in [1.82, 2.24) is 0 Å². The molecule has 0 amide bonds. The van der Waals surface area contributed by atoms with Gasteiger partial charge in [-0.15, -0.1) is 0 Å². The van der Waals surface area contributed by atoms with Crippen LogP contribution in [-0.4, -0.2) is 5.11 Å². The highest BCUT2D eigenvalue weighted by Gasteiger charge is 2.28. The first-order chi connectivity index (χ1) is 11.7. The Morgan fingerprint density at radius 1 is 1.04 bits per heavy atom. The minimum atomic E-state index is 0.297. The van der Waals surface area contributed by atoms with Crippen molar-refractivity contribution in [2.24, 2.45) is 11.8 Å². The molecule has 24 heavy (non-hydrogen) atoms. The molecule has 0 saturated heterocycles. The number of rotatable bonds is 1. The van der Waals surface area contributed by atoms with E-state index in [2.05, 4.69) is 42.5 Å². The van der Waals surface area contributed by atoms with Crippen LogP contribution in [0.15, 0.2) is 66.8 Å². The van der Waals surface area contributed by atoms with E-state index >= 15 is 0 Å². The van der Waals surface area contributed by atoms with Gasteiger partial charge in [0, 0.05) is 11.6 Å².